The summed E-state index contributed by atoms with van der Waals surface area (Å²) in [7, 11) is 2.51. The summed E-state index contributed by atoms with van der Waals surface area (Å²) in [5.74, 6) is -2.00. The Morgan fingerprint density at radius 3 is 1.95 bits per heavy atom. The van der Waals surface area contributed by atoms with Crippen molar-refractivity contribution >= 4 is 11.9 Å². The average Bonchev–Trinajstić information content (AvgIpc) is 2.72. The first kappa shape index (κ1) is 15.9. The largest absolute Gasteiger partial charge is 0.468 e. The van der Waals surface area contributed by atoms with Crippen LogP contribution in [0.3, 0.4) is 0 Å². The van der Waals surface area contributed by atoms with Crippen LogP contribution in [0.4, 0.5) is 0 Å². The molecule has 0 amide bonds. The van der Waals surface area contributed by atoms with Gasteiger partial charge in [0.05, 0.1) is 26.4 Å². The summed E-state index contributed by atoms with van der Waals surface area (Å²) >= 11 is 0. The van der Waals surface area contributed by atoms with Gasteiger partial charge in [0.15, 0.2) is 12.2 Å². The monoisotopic (exact) mass is 274 g/mol. The van der Waals surface area contributed by atoms with Crippen LogP contribution in [0.2, 0.25) is 0 Å². The molecule has 110 valence electrons. The molecule has 0 aromatic heterocycles. The van der Waals surface area contributed by atoms with Gasteiger partial charge in [0.2, 0.25) is 0 Å². The molecule has 1 rings (SSSR count). The highest BCUT2D eigenvalue weighted by molar-refractivity contribution is 5.94. The Morgan fingerprint density at radius 1 is 1.05 bits per heavy atom. The minimum absolute atomic E-state index is 0.0713. The molecule has 1 aliphatic rings. The van der Waals surface area contributed by atoms with Crippen LogP contribution in [0.5, 0.6) is 0 Å². The molecule has 1 fully saturated rings. The highest BCUT2D eigenvalue weighted by Crippen LogP contribution is 2.23. The Balaban J connectivity index is 2.36. The molecule has 1 saturated heterocycles. The van der Waals surface area contributed by atoms with E-state index in [1.807, 2.05) is 13.8 Å². The van der Waals surface area contributed by atoms with Crippen molar-refractivity contribution in [2.45, 2.75) is 51.6 Å². The van der Waals surface area contributed by atoms with Crippen LogP contribution in [0.25, 0.3) is 0 Å². The van der Waals surface area contributed by atoms with Crippen molar-refractivity contribution in [2.75, 3.05) is 14.2 Å². The van der Waals surface area contributed by atoms with Crippen LogP contribution in [-0.2, 0) is 28.5 Å². The Bertz CT molecular complexity index is 290. The van der Waals surface area contributed by atoms with Gasteiger partial charge < -0.3 is 18.9 Å². The molecule has 0 radical (unpaired) electrons. The second-order valence-corrected chi connectivity index (χ2v) is 4.64. The molecule has 1 heterocycles. The number of carbonyl (C=O) groups excluding carboxylic acids is 2. The molecular formula is C13H22O6. The minimum atomic E-state index is -0.869. The maximum absolute atomic E-state index is 11.5. The summed E-state index contributed by atoms with van der Waals surface area (Å²) in [5, 5.41) is 0. The molecule has 1 aliphatic heterocycles. The van der Waals surface area contributed by atoms with E-state index in [0.29, 0.717) is 19.3 Å². The first-order valence-electron chi connectivity index (χ1n) is 6.46. The molecule has 0 aromatic rings. The van der Waals surface area contributed by atoms with Crippen molar-refractivity contribution in [3.63, 3.8) is 0 Å². The van der Waals surface area contributed by atoms with Gasteiger partial charge in [0, 0.05) is 0 Å². The molecule has 0 spiro atoms. The van der Waals surface area contributed by atoms with Gasteiger partial charge in [-0.05, 0) is 33.1 Å². The maximum atomic E-state index is 11.5. The Kier molecular flexibility index (Phi) is 6.24. The van der Waals surface area contributed by atoms with Gasteiger partial charge in [-0.15, -0.1) is 0 Å². The number of carbonyl (C=O) groups is 2. The van der Waals surface area contributed by atoms with Crippen LogP contribution in [0.15, 0.2) is 0 Å². The molecule has 6 heteroatoms. The van der Waals surface area contributed by atoms with Gasteiger partial charge in [-0.2, -0.15) is 0 Å². The lowest BCUT2D eigenvalue weighted by Crippen LogP contribution is -2.26. The van der Waals surface area contributed by atoms with Crippen LogP contribution >= 0.6 is 0 Å². The number of ether oxygens (including phenoxy) is 4. The van der Waals surface area contributed by atoms with E-state index in [2.05, 4.69) is 9.47 Å². The fourth-order valence-electron chi connectivity index (χ4n) is 1.97. The van der Waals surface area contributed by atoms with Crippen molar-refractivity contribution in [3.8, 4) is 0 Å². The average molecular weight is 274 g/mol. The zero-order valence-electron chi connectivity index (χ0n) is 11.9. The lowest BCUT2D eigenvalue weighted by Gasteiger charge is -2.14. The van der Waals surface area contributed by atoms with Crippen molar-refractivity contribution in [1.29, 1.82) is 0 Å². The minimum Gasteiger partial charge on any atom is -0.468 e. The van der Waals surface area contributed by atoms with E-state index in [1.165, 1.54) is 14.2 Å². The van der Waals surface area contributed by atoms with Gasteiger partial charge in [0.25, 0.3) is 0 Å². The molecule has 6 nitrogen and oxygen atoms in total. The van der Waals surface area contributed by atoms with E-state index < -0.39 is 17.9 Å². The van der Waals surface area contributed by atoms with Crippen molar-refractivity contribution in [1.82, 2.24) is 0 Å². The summed E-state index contributed by atoms with van der Waals surface area (Å²) in [6.45, 7) is 3.91. The molecule has 0 saturated carbocycles. The van der Waals surface area contributed by atoms with E-state index in [9.17, 15) is 9.59 Å². The Morgan fingerprint density at radius 2 is 1.53 bits per heavy atom. The van der Waals surface area contributed by atoms with E-state index in [4.69, 9.17) is 9.47 Å². The standard InChI is InChI=1S/C13H22O6/c1-8-9(2)19-11(18-8)7-5-6-10(12(14)16-3)13(15)17-4/h8-11H,5-7H2,1-4H3/t8-,9+,11?. The van der Waals surface area contributed by atoms with Crippen LogP contribution in [0.1, 0.15) is 33.1 Å². The number of methoxy groups -OCH3 is 2. The molecule has 3 atom stereocenters. The Labute approximate surface area is 113 Å². The highest BCUT2D eigenvalue weighted by Gasteiger charge is 2.31. The third kappa shape index (κ3) is 4.47. The predicted molar refractivity (Wildman–Crippen MR) is 66.3 cm³/mol. The fraction of sp³-hybridized carbons (Fsp3) is 0.846. The van der Waals surface area contributed by atoms with Crippen molar-refractivity contribution < 1.29 is 28.5 Å². The molecular weight excluding hydrogens is 252 g/mol. The quantitative estimate of drug-likeness (QED) is 0.536. The normalized spacial score (nSPS) is 26.5. The van der Waals surface area contributed by atoms with E-state index in [0.717, 1.165) is 0 Å². The maximum Gasteiger partial charge on any atom is 0.320 e. The zero-order chi connectivity index (χ0) is 14.4. The predicted octanol–water partition coefficient (Wildman–Crippen LogP) is 1.27. The van der Waals surface area contributed by atoms with E-state index in [-0.39, 0.29) is 18.5 Å². The van der Waals surface area contributed by atoms with Crippen molar-refractivity contribution in [3.05, 3.63) is 0 Å². The second-order valence-electron chi connectivity index (χ2n) is 4.64. The molecule has 1 unspecified atom stereocenters. The van der Waals surface area contributed by atoms with Gasteiger partial charge in [-0.25, -0.2) is 0 Å². The van der Waals surface area contributed by atoms with Gasteiger partial charge in [-0.1, -0.05) is 0 Å². The van der Waals surface area contributed by atoms with Gasteiger partial charge >= 0.3 is 11.9 Å². The smallest absolute Gasteiger partial charge is 0.320 e. The number of hydrogen-bond donors (Lipinski definition) is 0. The zero-order valence-corrected chi connectivity index (χ0v) is 11.9. The molecule has 0 N–H and O–H groups in total. The summed E-state index contributed by atoms with van der Waals surface area (Å²) in [4.78, 5) is 22.9. The lowest BCUT2D eigenvalue weighted by molar-refractivity contribution is -0.159. The number of esters is 2. The lowest BCUT2D eigenvalue weighted by atomic mass is 10.0. The third-order valence-electron chi connectivity index (χ3n) is 3.30. The fourth-order valence-corrected chi connectivity index (χ4v) is 1.97. The van der Waals surface area contributed by atoms with Gasteiger partial charge in [0.1, 0.15) is 0 Å². The SMILES string of the molecule is COC(=O)C(CCCC1O[C@@H](C)[C@@H](C)O1)C(=O)OC. The molecule has 0 bridgehead atoms. The second kappa shape index (κ2) is 7.45. The topological polar surface area (TPSA) is 71.1 Å². The highest BCUT2D eigenvalue weighted by atomic mass is 16.7. The molecule has 0 aromatic carbocycles. The first-order chi connectivity index (χ1) is 8.99. The Hall–Kier alpha value is -1.14. The first-order valence-corrected chi connectivity index (χ1v) is 6.46. The number of hydrogen-bond acceptors (Lipinski definition) is 6. The summed E-state index contributed by atoms with van der Waals surface area (Å²) in [6, 6.07) is 0. The van der Waals surface area contributed by atoms with Gasteiger partial charge in [-0.3, -0.25) is 9.59 Å². The summed E-state index contributed by atoms with van der Waals surface area (Å²) in [6.07, 6.45) is 1.51. The summed E-state index contributed by atoms with van der Waals surface area (Å²) < 4.78 is 20.3. The number of rotatable bonds is 6. The summed E-state index contributed by atoms with van der Waals surface area (Å²) in [5.41, 5.74) is 0. The van der Waals surface area contributed by atoms with E-state index in [1.54, 1.807) is 0 Å². The van der Waals surface area contributed by atoms with Crippen LogP contribution < -0.4 is 0 Å². The molecule has 19 heavy (non-hydrogen) atoms. The van der Waals surface area contributed by atoms with Crippen molar-refractivity contribution in [2.24, 2.45) is 5.92 Å². The third-order valence-corrected chi connectivity index (χ3v) is 3.30. The van der Waals surface area contributed by atoms with E-state index >= 15 is 0 Å². The van der Waals surface area contributed by atoms with Crippen LogP contribution in [-0.4, -0.2) is 44.7 Å². The van der Waals surface area contributed by atoms with Crippen LogP contribution in [0, 0.1) is 5.92 Å². The molecule has 0 aliphatic carbocycles.